The molecule has 2 aliphatic rings. The minimum Gasteiger partial charge on any atom is -0.390 e. The first-order chi connectivity index (χ1) is 3.38. The fraction of sp³-hybridized carbons (Fsp3) is 1.00. The standard InChI is InChI=1S/C5H8O2/c6-3-1-2-4-5(3)7-4/h3-6H,1-2H2. The maximum atomic E-state index is 8.91. The Morgan fingerprint density at radius 2 is 2.29 bits per heavy atom. The highest BCUT2D eigenvalue weighted by atomic mass is 16.6. The quantitative estimate of drug-likeness (QED) is 0.431. The molecule has 1 heterocycles. The molecular formula is C5H8O2. The van der Waals surface area contributed by atoms with Crippen LogP contribution in [0.2, 0.25) is 0 Å². The molecule has 1 N–H and O–H groups in total. The van der Waals surface area contributed by atoms with Gasteiger partial charge in [0.05, 0.1) is 12.2 Å². The van der Waals surface area contributed by atoms with E-state index in [1.165, 1.54) is 0 Å². The van der Waals surface area contributed by atoms with Crippen molar-refractivity contribution >= 4 is 0 Å². The molecule has 1 aliphatic heterocycles. The normalized spacial score (nSPS) is 57.0. The molecule has 0 amide bonds. The zero-order chi connectivity index (χ0) is 4.85. The van der Waals surface area contributed by atoms with E-state index in [0.29, 0.717) is 6.10 Å². The van der Waals surface area contributed by atoms with E-state index in [2.05, 4.69) is 0 Å². The van der Waals surface area contributed by atoms with Gasteiger partial charge in [-0.2, -0.15) is 0 Å². The number of aliphatic hydroxyl groups excluding tert-OH is 1. The van der Waals surface area contributed by atoms with E-state index in [4.69, 9.17) is 9.84 Å². The molecule has 40 valence electrons. The van der Waals surface area contributed by atoms with Crippen LogP contribution in [0.15, 0.2) is 0 Å². The fourth-order valence-electron chi connectivity index (χ4n) is 1.23. The predicted octanol–water partition coefficient (Wildman–Crippen LogP) is -0.0915. The van der Waals surface area contributed by atoms with Gasteiger partial charge >= 0.3 is 0 Å². The highest BCUT2D eigenvalue weighted by Crippen LogP contribution is 2.38. The van der Waals surface area contributed by atoms with E-state index in [1.54, 1.807) is 0 Å². The van der Waals surface area contributed by atoms with E-state index in [9.17, 15) is 0 Å². The second-order valence-corrected chi connectivity index (χ2v) is 2.28. The lowest BCUT2D eigenvalue weighted by atomic mass is 10.3. The van der Waals surface area contributed by atoms with Crippen molar-refractivity contribution in [3.63, 3.8) is 0 Å². The number of rotatable bonds is 0. The first kappa shape index (κ1) is 3.87. The van der Waals surface area contributed by atoms with Crippen molar-refractivity contribution in [1.82, 2.24) is 0 Å². The lowest BCUT2D eigenvalue weighted by Crippen LogP contribution is -2.08. The summed E-state index contributed by atoms with van der Waals surface area (Å²) in [7, 11) is 0. The van der Waals surface area contributed by atoms with E-state index >= 15 is 0 Å². The molecule has 1 saturated heterocycles. The average Bonchev–Trinajstić information content (AvgIpc) is 2.33. The van der Waals surface area contributed by atoms with Gasteiger partial charge in [0.1, 0.15) is 6.10 Å². The molecule has 2 fully saturated rings. The molecule has 0 aromatic rings. The molecule has 2 rings (SSSR count). The van der Waals surface area contributed by atoms with Crippen molar-refractivity contribution in [3.8, 4) is 0 Å². The second-order valence-electron chi connectivity index (χ2n) is 2.28. The van der Waals surface area contributed by atoms with Gasteiger partial charge in [-0.25, -0.2) is 0 Å². The Bertz CT molecular complexity index is 92.1. The Hall–Kier alpha value is -0.0800. The fourth-order valence-corrected chi connectivity index (χ4v) is 1.23. The predicted molar refractivity (Wildman–Crippen MR) is 23.9 cm³/mol. The third kappa shape index (κ3) is 0.409. The van der Waals surface area contributed by atoms with Gasteiger partial charge in [0.2, 0.25) is 0 Å². The molecule has 0 bridgehead atoms. The lowest BCUT2D eigenvalue weighted by molar-refractivity contribution is 0.119. The summed E-state index contributed by atoms with van der Waals surface area (Å²) in [4.78, 5) is 0. The Morgan fingerprint density at radius 1 is 1.43 bits per heavy atom. The largest absolute Gasteiger partial charge is 0.390 e. The van der Waals surface area contributed by atoms with Gasteiger partial charge in [-0.3, -0.25) is 0 Å². The molecule has 1 aliphatic carbocycles. The third-order valence-electron chi connectivity index (χ3n) is 1.75. The smallest absolute Gasteiger partial charge is 0.110 e. The minimum absolute atomic E-state index is 0.134. The summed E-state index contributed by atoms with van der Waals surface area (Å²) in [5.74, 6) is 0. The molecule has 2 nitrogen and oxygen atoms in total. The molecule has 2 heteroatoms. The van der Waals surface area contributed by atoms with E-state index in [0.717, 1.165) is 12.8 Å². The molecule has 3 unspecified atom stereocenters. The van der Waals surface area contributed by atoms with Crippen LogP contribution in [0.25, 0.3) is 0 Å². The minimum atomic E-state index is -0.134. The van der Waals surface area contributed by atoms with Crippen molar-refractivity contribution in [2.24, 2.45) is 0 Å². The Labute approximate surface area is 42.1 Å². The molecule has 3 atom stereocenters. The number of ether oxygens (including phenoxy) is 1. The maximum Gasteiger partial charge on any atom is 0.110 e. The summed E-state index contributed by atoms with van der Waals surface area (Å²) in [5.41, 5.74) is 0. The molecule has 0 aromatic carbocycles. The van der Waals surface area contributed by atoms with E-state index in [1.807, 2.05) is 0 Å². The van der Waals surface area contributed by atoms with Crippen LogP contribution in [0.5, 0.6) is 0 Å². The first-order valence-corrected chi connectivity index (χ1v) is 2.71. The highest BCUT2D eigenvalue weighted by Gasteiger charge is 2.49. The van der Waals surface area contributed by atoms with Crippen molar-refractivity contribution in [1.29, 1.82) is 0 Å². The van der Waals surface area contributed by atoms with Gasteiger partial charge < -0.3 is 9.84 Å². The topological polar surface area (TPSA) is 32.8 Å². The van der Waals surface area contributed by atoms with Gasteiger partial charge in [0.25, 0.3) is 0 Å². The highest BCUT2D eigenvalue weighted by molar-refractivity contribution is 4.97. The Balaban J connectivity index is 2.08. The van der Waals surface area contributed by atoms with Crippen molar-refractivity contribution in [2.75, 3.05) is 0 Å². The van der Waals surface area contributed by atoms with Crippen LogP contribution in [0.4, 0.5) is 0 Å². The number of hydrogen-bond donors (Lipinski definition) is 1. The zero-order valence-corrected chi connectivity index (χ0v) is 4.00. The summed E-state index contributed by atoms with van der Waals surface area (Å²) >= 11 is 0. The number of aliphatic hydroxyl groups is 1. The summed E-state index contributed by atoms with van der Waals surface area (Å²) in [6.07, 6.45) is 2.57. The van der Waals surface area contributed by atoms with Gasteiger partial charge in [0, 0.05) is 0 Å². The van der Waals surface area contributed by atoms with Crippen LogP contribution in [0.3, 0.4) is 0 Å². The summed E-state index contributed by atoms with van der Waals surface area (Å²) in [5, 5.41) is 8.91. The monoisotopic (exact) mass is 100 g/mol. The number of fused-ring (bicyclic) bond motifs is 1. The van der Waals surface area contributed by atoms with Gasteiger partial charge in [0.15, 0.2) is 0 Å². The molecule has 1 saturated carbocycles. The van der Waals surface area contributed by atoms with Crippen LogP contribution in [-0.2, 0) is 4.74 Å². The molecule has 0 radical (unpaired) electrons. The summed E-state index contributed by atoms with van der Waals surface area (Å²) in [6, 6.07) is 0. The van der Waals surface area contributed by atoms with Crippen molar-refractivity contribution in [3.05, 3.63) is 0 Å². The van der Waals surface area contributed by atoms with Gasteiger partial charge in [-0.15, -0.1) is 0 Å². The molecule has 0 aromatic heterocycles. The van der Waals surface area contributed by atoms with Crippen LogP contribution < -0.4 is 0 Å². The third-order valence-corrected chi connectivity index (χ3v) is 1.75. The van der Waals surface area contributed by atoms with Crippen LogP contribution >= 0.6 is 0 Å². The number of epoxide rings is 1. The summed E-state index contributed by atoms with van der Waals surface area (Å²) < 4.78 is 5.02. The maximum absolute atomic E-state index is 8.91. The van der Waals surface area contributed by atoms with Crippen molar-refractivity contribution < 1.29 is 9.84 Å². The molecular weight excluding hydrogens is 92.1 g/mol. The number of hydrogen-bond acceptors (Lipinski definition) is 2. The van der Waals surface area contributed by atoms with Crippen molar-refractivity contribution in [2.45, 2.75) is 31.2 Å². The van der Waals surface area contributed by atoms with Crippen LogP contribution in [0.1, 0.15) is 12.8 Å². The molecule has 0 spiro atoms. The van der Waals surface area contributed by atoms with E-state index < -0.39 is 0 Å². The van der Waals surface area contributed by atoms with E-state index in [-0.39, 0.29) is 12.2 Å². The summed E-state index contributed by atoms with van der Waals surface area (Å²) in [6.45, 7) is 0. The molecule has 7 heavy (non-hydrogen) atoms. The van der Waals surface area contributed by atoms with Crippen LogP contribution in [0, 0.1) is 0 Å². The zero-order valence-electron chi connectivity index (χ0n) is 4.00. The van der Waals surface area contributed by atoms with Crippen LogP contribution in [-0.4, -0.2) is 23.4 Å². The Kier molecular flexibility index (Phi) is 0.557. The van der Waals surface area contributed by atoms with Gasteiger partial charge in [-0.05, 0) is 12.8 Å². The lowest BCUT2D eigenvalue weighted by Gasteiger charge is -1.96. The Morgan fingerprint density at radius 3 is 2.43 bits per heavy atom. The first-order valence-electron chi connectivity index (χ1n) is 2.71. The van der Waals surface area contributed by atoms with Gasteiger partial charge in [-0.1, -0.05) is 0 Å². The average molecular weight is 100 g/mol. The second kappa shape index (κ2) is 1.01. The SMILES string of the molecule is OC1CCC2OC12.